The maximum absolute atomic E-state index is 13.5. The Hall–Kier alpha value is -3.61. The predicted octanol–water partition coefficient (Wildman–Crippen LogP) is 0.178. The zero-order valence-electron chi connectivity index (χ0n) is 21.9. The zero-order chi connectivity index (χ0) is 28.9. The first-order valence-corrected chi connectivity index (χ1v) is 13.8. The lowest BCUT2D eigenvalue weighted by atomic mass is 10.0. The van der Waals surface area contributed by atoms with Crippen molar-refractivity contribution < 1.29 is 34.5 Å². The molecular formula is C27H36N4O7S. The Labute approximate surface area is 231 Å². The minimum atomic E-state index is -1.59. The molecule has 212 valence electrons. The molecule has 0 heterocycles. The number of nitrogens with two attached hydrogens (primary N) is 1. The van der Waals surface area contributed by atoms with Crippen LogP contribution in [-0.2, 0) is 32.0 Å². The molecule has 0 aromatic heterocycles. The summed E-state index contributed by atoms with van der Waals surface area (Å²) in [7, 11) is 0. The average molecular weight is 561 g/mol. The third-order valence-electron chi connectivity index (χ3n) is 5.94. The number of carbonyl (C=O) groups excluding carboxylic acids is 3. The lowest BCUT2D eigenvalue weighted by molar-refractivity contribution is -0.145. The highest BCUT2D eigenvalue weighted by atomic mass is 32.2. The maximum Gasteiger partial charge on any atom is 0.328 e. The summed E-state index contributed by atoms with van der Waals surface area (Å²) in [4.78, 5) is 50.9. The standard InChI is InChI=1S/C27H36N4O7S/c1-16(32)23(27(37)38)31-26(36)22(14-17-6-4-3-5-7-17)30-25(35)21(15-18-8-10-19(33)11-9-18)29-24(34)20(28)12-13-39-2/h3-11,16,20-23,32-33H,12-15,28H2,1-2H3,(H,29,34)(H,30,35)(H,31,36)(H,37,38). The normalized spacial score (nSPS) is 14.8. The van der Waals surface area contributed by atoms with Gasteiger partial charge in [0.1, 0.15) is 17.8 Å². The van der Waals surface area contributed by atoms with Crippen LogP contribution in [0.3, 0.4) is 0 Å². The van der Waals surface area contributed by atoms with Crippen LogP contribution >= 0.6 is 11.8 Å². The van der Waals surface area contributed by atoms with E-state index in [1.54, 1.807) is 42.5 Å². The molecule has 0 saturated carbocycles. The van der Waals surface area contributed by atoms with Crippen LogP contribution in [0.2, 0.25) is 0 Å². The molecular weight excluding hydrogens is 524 g/mol. The summed E-state index contributed by atoms with van der Waals surface area (Å²) in [6.07, 6.45) is 0.963. The Morgan fingerprint density at radius 2 is 1.36 bits per heavy atom. The maximum atomic E-state index is 13.5. The van der Waals surface area contributed by atoms with E-state index in [-0.39, 0.29) is 18.6 Å². The first-order valence-electron chi connectivity index (χ1n) is 12.4. The molecule has 5 unspecified atom stereocenters. The number of aliphatic hydroxyl groups is 1. The van der Waals surface area contributed by atoms with Gasteiger partial charge in [-0.3, -0.25) is 14.4 Å². The van der Waals surface area contributed by atoms with Crippen molar-refractivity contribution in [3.8, 4) is 5.75 Å². The van der Waals surface area contributed by atoms with E-state index in [2.05, 4.69) is 16.0 Å². The van der Waals surface area contributed by atoms with Crippen LogP contribution in [0.25, 0.3) is 0 Å². The van der Waals surface area contributed by atoms with Crippen molar-refractivity contribution in [2.24, 2.45) is 5.73 Å². The summed E-state index contributed by atoms with van der Waals surface area (Å²) < 4.78 is 0. The molecule has 2 rings (SSSR count). The predicted molar refractivity (Wildman–Crippen MR) is 148 cm³/mol. The minimum absolute atomic E-state index is 0.0255. The summed E-state index contributed by atoms with van der Waals surface area (Å²) in [5.41, 5.74) is 7.32. The number of amides is 3. The fourth-order valence-corrected chi connectivity index (χ4v) is 4.20. The van der Waals surface area contributed by atoms with Gasteiger partial charge in [0.25, 0.3) is 0 Å². The molecule has 0 fully saturated rings. The topological polar surface area (TPSA) is 191 Å². The molecule has 2 aromatic rings. The number of aliphatic hydroxyl groups excluding tert-OH is 1. The second kappa shape index (κ2) is 15.7. The number of nitrogens with one attached hydrogen (secondary N) is 3. The van der Waals surface area contributed by atoms with Gasteiger partial charge in [-0.1, -0.05) is 42.5 Å². The summed E-state index contributed by atoms with van der Waals surface area (Å²) in [5, 5.41) is 36.4. The molecule has 0 aliphatic carbocycles. The second-order valence-electron chi connectivity index (χ2n) is 9.14. The molecule has 0 bridgehead atoms. The molecule has 11 nitrogen and oxygen atoms in total. The van der Waals surface area contributed by atoms with Gasteiger partial charge < -0.3 is 37.0 Å². The van der Waals surface area contributed by atoms with Gasteiger partial charge in [-0.05, 0) is 48.6 Å². The number of phenolic OH excluding ortho intramolecular Hbond substituents is 1. The Bertz CT molecular complexity index is 1100. The number of carboxylic acids is 1. The van der Waals surface area contributed by atoms with Gasteiger partial charge in [-0.15, -0.1) is 0 Å². The Balaban J connectivity index is 2.30. The number of thioether (sulfide) groups is 1. The number of hydrogen-bond donors (Lipinski definition) is 7. The molecule has 12 heteroatoms. The van der Waals surface area contributed by atoms with E-state index in [0.29, 0.717) is 23.3 Å². The molecule has 3 amide bonds. The summed E-state index contributed by atoms with van der Waals surface area (Å²) in [6.45, 7) is 1.23. The lowest BCUT2D eigenvalue weighted by Gasteiger charge is -2.26. The molecule has 5 atom stereocenters. The highest BCUT2D eigenvalue weighted by Crippen LogP contribution is 2.13. The van der Waals surface area contributed by atoms with E-state index in [1.165, 1.54) is 30.8 Å². The summed E-state index contributed by atoms with van der Waals surface area (Å²) in [6, 6.07) is 10.1. The SMILES string of the molecule is CSCCC(N)C(=O)NC(Cc1ccc(O)cc1)C(=O)NC(Cc1ccccc1)C(=O)NC(C(=O)O)C(C)O. The molecule has 2 aromatic carbocycles. The fraction of sp³-hybridized carbons (Fsp3) is 0.407. The van der Waals surface area contributed by atoms with Crippen LogP contribution in [0.15, 0.2) is 54.6 Å². The van der Waals surface area contributed by atoms with Crippen molar-refractivity contribution in [1.82, 2.24) is 16.0 Å². The Morgan fingerprint density at radius 1 is 0.846 bits per heavy atom. The Morgan fingerprint density at radius 3 is 1.87 bits per heavy atom. The third-order valence-corrected chi connectivity index (χ3v) is 6.58. The van der Waals surface area contributed by atoms with Crippen LogP contribution in [0, 0.1) is 0 Å². The molecule has 0 aliphatic rings. The van der Waals surface area contributed by atoms with Gasteiger partial charge in [-0.2, -0.15) is 11.8 Å². The van der Waals surface area contributed by atoms with Gasteiger partial charge in [-0.25, -0.2) is 4.79 Å². The minimum Gasteiger partial charge on any atom is -0.508 e. The summed E-state index contributed by atoms with van der Waals surface area (Å²) >= 11 is 1.53. The quantitative estimate of drug-likeness (QED) is 0.159. The van der Waals surface area contributed by atoms with Gasteiger partial charge >= 0.3 is 5.97 Å². The van der Waals surface area contributed by atoms with E-state index >= 15 is 0 Å². The third kappa shape index (κ3) is 10.6. The van der Waals surface area contributed by atoms with Gasteiger partial charge in [0.2, 0.25) is 17.7 Å². The number of aromatic hydroxyl groups is 1. The first kappa shape index (κ1) is 31.6. The van der Waals surface area contributed by atoms with Gasteiger partial charge in [0.15, 0.2) is 6.04 Å². The number of rotatable bonds is 15. The number of hydrogen-bond acceptors (Lipinski definition) is 8. The zero-order valence-corrected chi connectivity index (χ0v) is 22.7. The molecule has 0 aliphatic heterocycles. The number of carboxylic acid groups (broad SMARTS) is 1. The van der Waals surface area contributed by atoms with Crippen LogP contribution in [0.1, 0.15) is 24.5 Å². The average Bonchev–Trinajstić information content (AvgIpc) is 2.90. The molecule has 0 spiro atoms. The van der Waals surface area contributed by atoms with Gasteiger partial charge in [0, 0.05) is 12.8 Å². The number of aliphatic carboxylic acids is 1. The highest BCUT2D eigenvalue weighted by molar-refractivity contribution is 7.98. The van der Waals surface area contributed by atoms with Crippen LogP contribution < -0.4 is 21.7 Å². The van der Waals surface area contributed by atoms with Crippen molar-refractivity contribution >= 4 is 35.5 Å². The van der Waals surface area contributed by atoms with Gasteiger partial charge in [0.05, 0.1) is 12.1 Å². The van der Waals surface area contributed by atoms with Crippen LogP contribution in [0.5, 0.6) is 5.75 Å². The number of carbonyl (C=O) groups is 4. The van der Waals surface area contributed by atoms with Crippen molar-refractivity contribution in [2.75, 3.05) is 12.0 Å². The fourth-order valence-electron chi connectivity index (χ4n) is 3.71. The Kier molecular flexibility index (Phi) is 12.7. The molecule has 0 saturated heterocycles. The molecule has 0 radical (unpaired) electrons. The molecule has 39 heavy (non-hydrogen) atoms. The first-order chi connectivity index (χ1) is 18.5. The van der Waals surface area contributed by atoms with Crippen molar-refractivity contribution in [3.05, 3.63) is 65.7 Å². The monoisotopic (exact) mass is 560 g/mol. The van der Waals surface area contributed by atoms with E-state index in [0.717, 1.165) is 0 Å². The van der Waals surface area contributed by atoms with Crippen LogP contribution in [-0.4, -0.2) is 81.3 Å². The number of benzene rings is 2. The second-order valence-corrected chi connectivity index (χ2v) is 10.1. The van der Waals surface area contributed by atoms with E-state index in [4.69, 9.17) is 5.73 Å². The largest absolute Gasteiger partial charge is 0.508 e. The van der Waals surface area contributed by atoms with E-state index < -0.39 is 54.0 Å². The number of phenols is 1. The van der Waals surface area contributed by atoms with E-state index in [9.17, 15) is 34.5 Å². The van der Waals surface area contributed by atoms with Crippen LogP contribution in [0.4, 0.5) is 0 Å². The smallest absolute Gasteiger partial charge is 0.328 e. The molecule has 8 N–H and O–H groups in total. The lowest BCUT2D eigenvalue weighted by Crippen LogP contribution is -2.59. The van der Waals surface area contributed by atoms with Crippen molar-refractivity contribution in [3.63, 3.8) is 0 Å². The van der Waals surface area contributed by atoms with Crippen molar-refractivity contribution in [1.29, 1.82) is 0 Å². The highest BCUT2D eigenvalue weighted by Gasteiger charge is 2.32. The van der Waals surface area contributed by atoms with E-state index in [1.807, 2.05) is 6.26 Å². The van der Waals surface area contributed by atoms with Crippen molar-refractivity contribution in [2.45, 2.75) is 56.5 Å². The summed E-state index contributed by atoms with van der Waals surface area (Å²) in [5.74, 6) is -2.78.